The van der Waals surface area contributed by atoms with Crippen LogP contribution in [0.5, 0.6) is 0 Å². The van der Waals surface area contributed by atoms with Gasteiger partial charge in [0.15, 0.2) is 0 Å². The van der Waals surface area contributed by atoms with Crippen LogP contribution in [0.3, 0.4) is 0 Å². The van der Waals surface area contributed by atoms with Gasteiger partial charge >= 0.3 is 0 Å². The molecule has 18 rings (SSSR count). The highest BCUT2D eigenvalue weighted by Gasteiger charge is 2.26. The molecule has 0 bridgehead atoms. The van der Waals surface area contributed by atoms with Crippen molar-refractivity contribution in [3.05, 3.63) is 267 Å². The Bertz CT molecular complexity index is 5480. The molecule has 6 nitrogen and oxygen atoms in total. The Hall–Kier alpha value is -11.3. The average Bonchev–Trinajstić information content (AvgIpc) is 2.03. The van der Waals surface area contributed by atoms with Crippen LogP contribution in [0.25, 0.3) is 188 Å². The molecule has 6 aromatic heterocycles. The maximum Gasteiger partial charge on any atom is 0.0978 e. The van der Waals surface area contributed by atoms with Gasteiger partial charge in [-0.05, 0) is 178 Å². The molecule has 2 aliphatic rings. The minimum atomic E-state index is 0.862. The second-order valence-electron chi connectivity index (χ2n) is 22.1. The van der Waals surface area contributed by atoms with Crippen molar-refractivity contribution in [1.82, 2.24) is 29.9 Å². The number of aromatic nitrogens is 6. The van der Waals surface area contributed by atoms with Gasteiger partial charge in [-0.1, -0.05) is 164 Å². The SMILES string of the molecule is c1cncc(-c2ccc3ccc4ccc(-c5ccc(-c6ccc7c8c(cccc68)-c6ccc(-c8cc9ccc(-c%10cccc(-c%11ccc%12c(c%11)-c%11cccc%13cccc-%12c%11%13)c%10)nc9c9nc(-c%10ccncc%10)ccc89)cc6-7)cc5)nc4c3n2)c1. The van der Waals surface area contributed by atoms with E-state index < -0.39 is 0 Å². The number of fused-ring (bicyclic) bond motifs is 12. The summed E-state index contributed by atoms with van der Waals surface area (Å²) < 4.78 is 0. The first-order valence-corrected chi connectivity index (χ1v) is 28.5. The summed E-state index contributed by atoms with van der Waals surface area (Å²) in [5, 5.41) is 9.31. The number of hydrogen-bond donors (Lipinski definition) is 0. The van der Waals surface area contributed by atoms with Crippen LogP contribution in [-0.2, 0) is 0 Å². The van der Waals surface area contributed by atoms with Crippen LogP contribution in [0.2, 0.25) is 0 Å². The highest BCUT2D eigenvalue weighted by molar-refractivity contribution is 6.20. The smallest absolute Gasteiger partial charge is 0.0978 e. The summed E-state index contributed by atoms with van der Waals surface area (Å²) in [4.78, 5) is 30.0. The molecule has 0 saturated heterocycles. The molecule has 6 heteroatoms. The van der Waals surface area contributed by atoms with E-state index in [2.05, 4.69) is 228 Å². The molecule has 0 atom stereocenters. The minimum Gasteiger partial charge on any atom is -0.265 e. The van der Waals surface area contributed by atoms with Crippen molar-refractivity contribution in [3.63, 3.8) is 0 Å². The Morgan fingerprint density at radius 2 is 0.702 bits per heavy atom. The Labute approximate surface area is 482 Å². The van der Waals surface area contributed by atoms with Gasteiger partial charge in [0.25, 0.3) is 0 Å². The Morgan fingerprint density at radius 3 is 1.44 bits per heavy atom. The third-order valence-electron chi connectivity index (χ3n) is 17.5. The van der Waals surface area contributed by atoms with Gasteiger partial charge in [0.1, 0.15) is 0 Å². The first-order valence-electron chi connectivity index (χ1n) is 28.5. The van der Waals surface area contributed by atoms with E-state index in [1.807, 2.05) is 42.9 Å². The van der Waals surface area contributed by atoms with Gasteiger partial charge in [-0.15, -0.1) is 0 Å². The average molecular weight is 1070 g/mol. The van der Waals surface area contributed by atoms with Gasteiger partial charge in [0.05, 0.1) is 44.8 Å². The van der Waals surface area contributed by atoms with Crippen LogP contribution >= 0.6 is 0 Å². The normalized spacial score (nSPS) is 12.0. The van der Waals surface area contributed by atoms with E-state index in [0.29, 0.717) is 0 Å². The lowest BCUT2D eigenvalue weighted by Gasteiger charge is -2.14. The van der Waals surface area contributed by atoms with Crippen LogP contribution in [0.1, 0.15) is 0 Å². The second kappa shape index (κ2) is 18.1. The maximum absolute atomic E-state index is 5.50. The summed E-state index contributed by atoms with van der Waals surface area (Å²) in [6, 6.07) is 87.9. The number of benzene rings is 10. The molecule has 84 heavy (non-hydrogen) atoms. The van der Waals surface area contributed by atoms with Crippen molar-refractivity contribution in [2.24, 2.45) is 0 Å². The number of hydrogen-bond acceptors (Lipinski definition) is 6. The first kappa shape index (κ1) is 46.4. The fraction of sp³-hybridized carbons (Fsp3) is 0. The Balaban J connectivity index is 0.699. The van der Waals surface area contributed by atoms with Crippen molar-refractivity contribution in [1.29, 1.82) is 0 Å². The molecule has 0 radical (unpaired) electrons. The van der Waals surface area contributed by atoms with Gasteiger partial charge in [0, 0.05) is 68.6 Å². The molecule has 0 unspecified atom stereocenters. The molecule has 0 fully saturated rings. The van der Waals surface area contributed by atoms with E-state index in [0.717, 1.165) is 111 Å². The fourth-order valence-electron chi connectivity index (χ4n) is 13.5. The highest BCUT2D eigenvalue weighted by Crippen LogP contribution is 2.52. The van der Waals surface area contributed by atoms with Gasteiger partial charge in [-0.25, -0.2) is 19.9 Å². The van der Waals surface area contributed by atoms with Crippen LogP contribution in [0.4, 0.5) is 0 Å². The van der Waals surface area contributed by atoms with E-state index in [9.17, 15) is 0 Å². The Morgan fingerprint density at radius 1 is 0.202 bits per heavy atom. The van der Waals surface area contributed by atoms with Crippen molar-refractivity contribution in [2.75, 3.05) is 0 Å². The van der Waals surface area contributed by atoms with Gasteiger partial charge < -0.3 is 0 Å². The third-order valence-corrected chi connectivity index (χ3v) is 17.5. The number of nitrogens with zero attached hydrogens (tertiary/aromatic N) is 6. The lowest BCUT2D eigenvalue weighted by Crippen LogP contribution is -1.94. The quantitative estimate of drug-likeness (QED) is 0.148. The largest absolute Gasteiger partial charge is 0.265 e. The highest BCUT2D eigenvalue weighted by atomic mass is 14.8. The van der Waals surface area contributed by atoms with Gasteiger partial charge in [-0.3, -0.25) is 9.97 Å². The lowest BCUT2D eigenvalue weighted by molar-refractivity contribution is 1.30. The number of pyridine rings is 6. The van der Waals surface area contributed by atoms with Crippen LogP contribution in [0, 0.1) is 0 Å². The zero-order valence-corrected chi connectivity index (χ0v) is 45.1. The molecule has 16 aromatic rings. The van der Waals surface area contributed by atoms with Gasteiger partial charge in [0.2, 0.25) is 0 Å². The summed E-state index contributed by atoms with van der Waals surface area (Å²) >= 11 is 0. The molecule has 6 heterocycles. The maximum atomic E-state index is 5.50. The summed E-state index contributed by atoms with van der Waals surface area (Å²) in [6.07, 6.45) is 7.29. The molecule has 0 N–H and O–H groups in total. The second-order valence-corrected chi connectivity index (χ2v) is 22.1. The van der Waals surface area contributed by atoms with Crippen molar-refractivity contribution >= 4 is 65.2 Å². The molecule has 0 saturated carbocycles. The Kier molecular flexibility index (Phi) is 9.99. The predicted molar refractivity (Wildman–Crippen MR) is 345 cm³/mol. The summed E-state index contributed by atoms with van der Waals surface area (Å²) in [5.41, 5.74) is 28.2. The molecular weight excluding hydrogens is 1020 g/mol. The first-order chi connectivity index (χ1) is 41.6. The van der Waals surface area contributed by atoms with Gasteiger partial charge in [-0.2, -0.15) is 0 Å². The summed E-state index contributed by atoms with van der Waals surface area (Å²) in [7, 11) is 0. The molecule has 386 valence electrons. The zero-order valence-electron chi connectivity index (χ0n) is 45.1. The van der Waals surface area contributed by atoms with Crippen LogP contribution in [-0.4, -0.2) is 29.9 Å². The molecule has 10 aromatic carbocycles. The molecule has 0 aliphatic heterocycles. The molecule has 0 spiro atoms. The monoisotopic (exact) mass is 1060 g/mol. The molecule has 2 aliphatic carbocycles. The molecular formula is C78H44N6. The van der Waals surface area contributed by atoms with Crippen molar-refractivity contribution in [2.45, 2.75) is 0 Å². The fourth-order valence-corrected chi connectivity index (χ4v) is 13.5. The number of rotatable bonds is 7. The van der Waals surface area contributed by atoms with E-state index in [-0.39, 0.29) is 0 Å². The van der Waals surface area contributed by atoms with E-state index in [4.69, 9.17) is 19.9 Å². The third kappa shape index (κ3) is 7.17. The van der Waals surface area contributed by atoms with Crippen LogP contribution in [0.15, 0.2) is 267 Å². The van der Waals surface area contributed by atoms with Crippen molar-refractivity contribution in [3.8, 4) is 123 Å². The van der Waals surface area contributed by atoms with Crippen LogP contribution < -0.4 is 0 Å². The zero-order chi connectivity index (χ0) is 55.0. The predicted octanol–water partition coefficient (Wildman–Crippen LogP) is 19.9. The minimum absolute atomic E-state index is 0.862. The topological polar surface area (TPSA) is 77.3 Å². The van der Waals surface area contributed by atoms with E-state index in [1.54, 1.807) is 6.20 Å². The standard InChI is InChI=1S/C78H44N6/c1-8-51(52-21-26-58-61-11-2-6-48-7-3-12-63(73(48)61)67(58)41-52)40-54(9-1)71-33-25-55-43-66(65-30-34-70(47-35-38-79-39-36-47)84-78(65)77(55)82-71)53-22-27-59-62-14-4-13-60-57(28-29-64(74(60)62)68(59)42-53)45-15-17-46(18-16-45)69-31-23-49-19-20-50-24-32-72(56-10-5-37-80-44-56)83-76(50)75(49)81-69/h1-44H. The van der Waals surface area contributed by atoms with E-state index >= 15 is 0 Å². The lowest BCUT2D eigenvalue weighted by atomic mass is 9.92. The summed E-state index contributed by atoms with van der Waals surface area (Å²) in [5.74, 6) is 0. The van der Waals surface area contributed by atoms with Crippen molar-refractivity contribution < 1.29 is 0 Å². The molecule has 0 amide bonds. The van der Waals surface area contributed by atoms with E-state index in [1.165, 1.54) is 77.2 Å². The summed E-state index contributed by atoms with van der Waals surface area (Å²) in [6.45, 7) is 0.